The first-order valence-electron chi connectivity index (χ1n) is 10.6. The number of amides is 3. The highest BCUT2D eigenvalue weighted by Crippen LogP contribution is 2.19. The lowest BCUT2D eigenvalue weighted by Crippen LogP contribution is -2.40. The third-order valence-corrected chi connectivity index (χ3v) is 5.52. The van der Waals surface area contributed by atoms with Crippen LogP contribution in [0.5, 0.6) is 0 Å². The minimum Gasteiger partial charge on any atom is -0.369 e. The summed E-state index contributed by atoms with van der Waals surface area (Å²) in [4.78, 5) is 37.2. The number of nitrogens with two attached hydrogens (primary N) is 1. The van der Waals surface area contributed by atoms with Gasteiger partial charge in [-0.25, -0.2) is 0 Å². The van der Waals surface area contributed by atoms with E-state index in [1.807, 2.05) is 24.3 Å². The van der Waals surface area contributed by atoms with E-state index in [-0.39, 0.29) is 23.6 Å². The van der Waals surface area contributed by atoms with Crippen LogP contribution in [0.1, 0.15) is 46.8 Å². The Hall–Kier alpha value is -3.19. The van der Waals surface area contributed by atoms with Crippen molar-refractivity contribution in [2.45, 2.75) is 39.4 Å². The number of hydrogen-bond donors (Lipinski definition) is 3. The summed E-state index contributed by atoms with van der Waals surface area (Å²) in [6.45, 7) is 4.78. The number of nitrogens with zero attached hydrogens (tertiary/aromatic N) is 1. The van der Waals surface area contributed by atoms with Crippen molar-refractivity contribution in [2.75, 3.05) is 13.1 Å². The van der Waals surface area contributed by atoms with Gasteiger partial charge in [-0.15, -0.1) is 0 Å². The normalized spacial score (nSPS) is 16.5. The summed E-state index contributed by atoms with van der Waals surface area (Å²) in [6, 6.07) is 15.3. The predicted octanol–water partition coefficient (Wildman–Crippen LogP) is 1.95. The lowest BCUT2D eigenvalue weighted by Gasteiger charge is -2.31. The molecule has 1 heterocycles. The van der Waals surface area contributed by atoms with Gasteiger partial charge in [0.2, 0.25) is 11.8 Å². The summed E-state index contributed by atoms with van der Waals surface area (Å²) in [7, 11) is 0. The van der Waals surface area contributed by atoms with E-state index in [0.717, 1.165) is 42.6 Å². The lowest BCUT2D eigenvalue weighted by molar-refractivity contribution is -0.123. The summed E-state index contributed by atoms with van der Waals surface area (Å²) in [6.07, 6.45) is 1.85. The molecule has 3 rings (SSSR count). The SMILES string of the molecule is CC(=O)NCc1ccc(C(=O)NCc2cccc(CN3CCCC(C(N)=O)C3)c2)cc1. The zero-order chi connectivity index (χ0) is 22.2. The molecule has 1 aliphatic heterocycles. The van der Waals surface area contributed by atoms with Crippen LogP contribution in [0.15, 0.2) is 48.5 Å². The summed E-state index contributed by atoms with van der Waals surface area (Å²) >= 11 is 0. The van der Waals surface area contributed by atoms with Crippen LogP contribution in [-0.4, -0.2) is 35.7 Å². The first-order valence-corrected chi connectivity index (χ1v) is 10.6. The molecule has 1 unspecified atom stereocenters. The smallest absolute Gasteiger partial charge is 0.251 e. The molecule has 31 heavy (non-hydrogen) atoms. The number of primary amides is 1. The second-order valence-electron chi connectivity index (χ2n) is 8.09. The van der Waals surface area contributed by atoms with Gasteiger partial charge in [-0.3, -0.25) is 19.3 Å². The van der Waals surface area contributed by atoms with Gasteiger partial charge in [0.15, 0.2) is 0 Å². The Bertz CT molecular complexity index is 927. The maximum absolute atomic E-state index is 12.5. The molecule has 7 nitrogen and oxygen atoms in total. The van der Waals surface area contributed by atoms with Crippen LogP contribution in [0.3, 0.4) is 0 Å². The standard InChI is InChI=1S/C24H30N4O3/c1-17(29)26-13-18-7-9-21(10-8-18)24(31)27-14-19-4-2-5-20(12-19)15-28-11-3-6-22(16-28)23(25)30/h2,4-5,7-10,12,22H,3,6,11,13-16H2,1H3,(H2,25,30)(H,26,29)(H,27,31). The molecule has 2 aromatic rings. The molecule has 7 heteroatoms. The van der Waals surface area contributed by atoms with Gasteiger partial charge in [0.05, 0.1) is 5.92 Å². The Balaban J connectivity index is 1.52. The minimum absolute atomic E-state index is 0.0687. The summed E-state index contributed by atoms with van der Waals surface area (Å²) in [5.41, 5.74) is 9.17. The highest BCUT2D eigenvalue weighted by Gasteiger charge is 2.23. The lowest BCUT2D eigenvalue weighted by atomic mass is 9.97. The molecule has 0 aromatic heterocycles. The van der Waals surface area contributed by atoms with Gasteiger partial charge in [-0.1, -0.05) is 36.4 Å². The summed E-state index contributed by atoms with van der Waals surface area (Å²) < 4.78 is 0. The number of benzene rings is 2. The van der Waals surface area contributed by atoms with Crippen molar-refractivity contribution in [1.82, 2.24) is 15.5 Å². The second-order valence-corrected chi connectivity index (χ2v) is 8.09. The number of likely N-dealkylation sites (tertiary alicyclic amines) is 1. The fraction of sp³-hybridized carbons (Fsp3) is 0.375. The van der Waals surface area contributed by atoms with Crippen LogP contribution >= 0.6 is 0 Å². The van der Waals surface area contributed by atoms with Crippen LogP contribution in [0.4, 0.5) is 0 Å². The molecule has 1 saturated heterocycles. The quantitative estimate of drug-likeness (QED) is 0.605. The molecule has 0 saturated carbocycles. The number of piperidine rings is 1. The van der Waals surface area contributed by atoms with Gasteiger partial charge in [-0.05, 0) is 48.2 Å². The maximum Gasteiger partial charge on any atom is 0.251 e. The zero-order valence-corrected chi connectivity index (χ0v) is 17.9. The first-order chi connectivity index (χ1) is 14.9. The van der Waals surface area contributed by atoms with Crippen LogP contribution in [-0.2, 0) is 29.2 Å². The Morgan fingerprint density at radius 1 is 1.00 bits per heavy atom. The van der Waals surface area contributed by atoms with E-state index in [1.54, 1.807) is 12.1 Å². The van der Waals surface area contributed by atoms with E-state index < -0.39 is 0 Å². The Morgan fingerprint density at radius 2 is 1.71 bits per heavy atom. The van der Waals surface area contributed by atoms with Crippen molar-refractivity contribution >= 4 is 17.7 Å². The number of nitrogens with one attached hydrogen (secondary N) is 2. The maximum atomic E-state index is 12.5. The third-order valence-electron chi connectivity index (χ3n) is 5.52. The van der Waals surface area contributed by atoms with Crippen LogP contribution < -0.4 is 16.4 Å². The monoisotopic (exact) mass is 422 g/mol. The van der Waals surface area contributed by atoms with Crippen molar-refractivity contribution < 1.29 is 14.4 Å². The fourth-order valence-corrected chi connectivity index (χ4v) is 3.81. The zero-order valence-electron chi connectivity index (χ0n) is 17.9. The fourth-order valence-electron chi connectivity index (χ4n) is 3.81. The molecule has 1 atom stereocenters. The van der Waals surface area contributed by atoms with Gasteiger partial charge in [-0.2, -0.15) is 0 Å². The van der Waals surface area contributed by atoms with Gasteiger partial charge < -0.3 is 16.4 Å². The first kappa shape index (κ1) is 22.5. The van der Waals surface area contributed by atoms with Crippen LogP contribution in [0.2, 0.25) is 0 Å². The molecular weight excluding hydrogens is 392 g/mol. The molecule has 3 amide bonds. The molecule has 1 fully saturated rings. The average molecular weight is 423 g/mol. The topological polar surface area (TPSA) is 105 Å². The molecule has 0 spiro atoms. The summed E-state index contributed by atoms with van der Waals surface area (Å²) in [5.74, 6) is -0.515. The molecule has 0 aliphatic carbocycles. The van der Waals surface area contributed by atoms with Crippen molar-refractivity contribution in [3.8, 4) is 0 Å². The number of rotatable bonds is 8. The van der Waals surface area contributed by atoms with Crippen molar-refractivity contribution in [1.29, 1.82) is 0 Å². The number of carbonyl (C=O) groups excluding carboxylic acids is 3. The van der Waals surface area contributed by atoms with Crippen molar-refractivity contribution in [3.05, 3.63) is 70.8 Å². The molecule has 1 aliphatic rings. The Kier molecular flexibility index (Phi) is 7.78. The minimum atomic E-state index is -0.218. The second kappa shape index (κ2) is 10.7. The van der Waals surface area contributed by atoms with Gasteiger partial charge in [0, 0.05) is 38.7 Å². The molecule has 2 aromatic carbocycles. The van der Waals surface area contributed by atoms with Crippen LogP contribution in [0, 0.1) is 5.92 Å². The van der Waals surface area contributed by atoms with E-state index in [0.29, 0.717) is 25.2 Å². The average Bonchev–Trinajstić information content (AvgIpc) is 2.77. The highest BCUT2D eigenvalue weighted by atomic mass is 16.2. The number of hydrogen-bond acceptors (Lipinski definition) is 4. The van der Waals surface area contributed by atoms with Gasteiger partial charge in [0.25, 0.3) is 5.91 Å². The van der Waals surface area contributed by atoms with Gasteiger partial charge in [0.1, 0.15) is 0 Å². The molecular formula is C24H30N4O3. The van der Waals surface area contributed by atoms with Crippen molar-refractivity contribution in [3.63, 3.8) is 0 Å². The van der Waals surface area contributed by atoms with Crippen LogP contribution in [0.25, 0.3) is 0 Å². The van der Waals surface area contributed by atoms with E-state index in [9.17, 15) is 14.4 Å². The van der Waals surface area contributed by atoms with Crippen molar-refractivity contribution in [2.24, 2.45) is 11.7 Å². The van der Waals surface area contributed by atoms with Gasteiger partial charge >= 0.3 is 0 Å². The third kappa shape index (κ3) is 6.93. The largest absolute Gasteiger partial charge is 0.369 e. The Morgan fingerprint density at radius 3 is 2.42 bits per heavy atom. The molecule has 164 valence electrons. The van der Waals surface area contributed by atoms with E-state index in [4.69, 9.17) is 5.73 Å². The molecule has 0 bridgehead atoms. The summed E-state index contributed by atoms with van der Waals surface area (Å²) in [5, 5.41) is 5.69. The molecule has 4 N–H and O–H groups in total. The number of carbonyl (C=O) groups is 3. The highest BCUT2D eigenvalue weighted by molar-refractivity contribution is 5.94. The van der Waals surface area contributed by atoms with E-state index in [1.165, 1.54) is 6.92 Å². The van der Waals surface area contributed by atoms with E-state index >= 15 is 0 Å². The molecule has 0 radical (unpaired) electrons. The Labute approximate surface area is 183 Å². The predicted molar refractivity (Wildman–Crippen MR) is 119 cm³/mol. The van der Waals surface area contributed by atoms with E-state index in [2.05, 4.69) is 27.7 Å².